The summed E-state index contributed by atoms with van der Waals surface area (Å²) in [6, 6.07) is 6.58. The molecule has 1 aromatic carbocycles. The molecule has 3 aliphatic heterocycles. The normalized spacial score (nSPS) is 21.8. The average Bonchev–Trinajstić information content (AvgIpc) is 3.42. The first kappa shape index (κ1) is 26.9. The van der Waals surface area contributed by atoms with E-state index in [2.05, 4.69) is 32.0 Å². The lowest BCUT2D eigenvalue weighted by Crippen LogP contribution is -2.42. The number of hydrogen-bond acceptors (Lipinski definition) is 8. The van der Waals surface area contributed by atoms with Crippen LogP contribution in [0.1, 0.15) is 36.8 Å². The second-order valence-corrected chi connectivity index (χ2v) is 11.6. The molecule has 2 saturated heterocycles. The molecule has 0 amide bonds. The number of anilines is 2. The van der Waals surface area contributed by atoms with Crippen LogP contribution < -0.4 is 16.0 Å². The average molecular weight is 553 g/mol. The topological polar surface area (TPSA) is 108 Å². The van der Waals surface area contributed by atoms with Crippen LogP contribution in [0, 0.1) is 0 Å². The number of benzene rings is 1. The Hall–Kier alpha value is -2.74. The molecule has 2 fully saturated rings. The van der Waals surface area contributed by atoms with Crippen molar-refractivity contribution in [3.63, 3.8) is 0 Å². The van der Waals surface area contributed by atoms with E-state index in [9.17, 15) is 21.6 Å². The zero-order chi connectivity index (χ0) is 26.8. The number of halogens is 3. The van der Waals surface area contributed by atoms with Gasteiger partial charge >= 0.3 is 6.18 Å². The third-order valence-corrected chi connectivity index (χ3v) is 8.99. The molecule has 3 aliphatic rings. The summed E-state index contributed by atoms with van der Waals surface area (Å²) in [7, 11) is -3.65. The van der Waals surface area contributed by atoms with E-state index >= 15 is 0 Å². The molecule has 38 heavy (non-hydrogen) atoms. The van der Waals surface area contributed by atoms with Crippen molar-refractivity contribution in [2.24, 2.45) is 0 Å². The Labute approximate surface area is 219 Å². The number of hydrogen-bond donors (Lipinski definition) is 3. The maximum atomic E-state index is 13.5. The first-order valence-corrected chi connectivity index (χ1v) is 14.2. The molecule has 1 atom stereocenters. The van der Waals surface area contributed by atoms with Crippen LogP contribution in [0.4, 0.5) is 24.9 Å². The van der Waals surface area contributed by atoms with Crippen molar-refractivity contribution in [1.29, 1.82) is 0 Å². The number of alkyl halides is 3. The molecule has 1 aromatic heterocycles. The first-order valence-electron chi connectivity index (χ1n) is 12.8. The Morgan fingerprint density at radius 2 is 1.82 bits per heavy atom. The fraction of sp³-hybridized carbons (Fsp3) is 0.520. The van der Waals surface area contributed by atoms with Gasteiger partial charge in [-0.2, -0.15) is 22.5 Å². The van der Waals surface area contributed by atoms with E-state index in [4.69, 9.17) is 4.74 Å². The lowest BCUT2D eigenvalue weighted by atomic mass is 10.0. The summed E-state index contributed by atoms with van der Waals surface area (Å²) < 4.78 is 73.6. The number of sulfonamides is 1. The predicted molar refractivity (Wildman–Crippen MR) is 137 cm³/mol. The van der Waals surface area contributed by atoms with Crippen LogP contribution in [0.5, 0.6) is 0 Å². The molecule has 0 saturated carbocycles. The predicted octanol–water partition coefficient (Wildman–Crippen LogP) is 3.34. The minimum Gasteiger partial charge on any atom is -0.379 e. The molecule has 0 radical (unpaired) electrons. The summed E-state index contributed by atoms with van der Waals surface area (Å²) in [6.45, 7) is 3.07. The SMILES string of the molecule is O=S(=O)(c1ccc(C2=CCNCC2)cc1)N1CCC(Nc2ncc(C(F)(F)F)c(N[C@H]3CCOC3)n2)CC1. The van der Waals surface area contributed by atoms with Gasteiger partial charge in [0, 0.05) is 38.5 Å². The summed E-state index contributed by atoms with van der Waals surface area (Å²) in [4.78, 5) is 8.24. The van der Waals surface area contributed by atoms with Crippen LogP contribution in [0.25, 0.3) is 5.57 Å². The zero-order valence-electron chi connectivity index (χ0n) is 20.8. The monoisotopic (exact) mass is 552 g/mol. The zero-order valence-corrected chi connectivity index (χ0v) is 21.6. The highest BCUT2D eigenvalue weighted by molar-refractivity contribution is 7.89. The Morgan fingerprint density at radius 3 is 2.45 bits per heavy atom. The molecule has 3 N–H and O–H groups in total. The van der Waals surface area contributed by atoms with Crippen LogP contribution in [-0.2, 0) is 20.9 Å². The number of nitrogens with one attached hydrogen (secondary N) is 3. The molecular formula is C25H31F3N6O3S. The van der Waals surface area contributed by atoms with Crippen LogP contribution in [-0.4, -0.2) is 74.2 Å². The molecule has 13 heteroatoms. The van der Waals surface area contributed by atoms with E-state index in [0.29, 0.717) is 32.5 Å². The van der Waals surface area contributed by atoms with Gasteiger partial charge in [-0.25, -0.2) is 13.4 Å². The fourth-order valence-electron chi connectivity index (χ4n) is 4.91. The van der Waals surface area contributed by atoms with Crippen molar-refractivity contribution in [1.82, 2.24) is 19.6 Å². The van der Waals surface area contributed by atoms with Gasteiger partial charge in [-0.05, 0) is 55.5 Å². The third kappa shape index (κ3) is 6.11. The van der Waals surface area contributed by atoms with E-state index in [0.717, 1.165) is 31.3 Å². The molecule has 206 valence electrons. The van der Waals surface area contributed by atoms with Crippen molar-refractivity contribution in [3.8, 4) is 0 Å². The molecule has 5 rings (SSSR count). The molecule has 0 bridgehead atoms. The van der Waals surface area contributed by atoms with E-state index in [-0.39, 0.29) is 41.8 Å². The van der Waals surface area contributed by atoms with Gasteiger partial charge in [0.25, 0.3) is 0 Å². The van der Waals surface area contributed by atoms with Crippen molar-refractivity contribution < 1.29 is 26.3 Å². The van der Waals surface area contributed by atoms with Gasteiger partial charge in [-0.15, -0.1) is 0 Å². The molecule has 9 nitrogen and oxygen atoms in total. The van der Waals surface area contributed by atoms with Crippen LogP contribution in [0.3, 0.4) is 0 Å². The molecule has 2 aromatic rings. The van der Waals surface area contributed by atoms with Crippen molar-refractivity contribution >= 4 is 27.4 Å². The summed E-state index contributed by atoms with van der Waals surface area (Å²) in [5.41, 5.74) is 1.30. The van der Waals surface area contributed by atoms with Crippen LogP contribution in [0.15, 0.2) is 41.4 Å². The molecule has 0 spiro atoms. The van der Waals surface area contributed by atoms with Crippen molar-refractivity contribution in [2.75, 3.05) is 50.0 Å². The van der Waals surface area contributed by atoms with Gasteiger partial charge in [0.05, 0.1) is 17.5 Å². The summed E-state index contributed by atoms with van der Waals surface area (Å²) in [5.74, 6) is -0.210. The highest BCUT2D eigenvalue weighted by Crippen LogP contribution is 2.35. The summed E-state index contributed by atoms with van der Waals surface area (Å²) in [5, 5.41) is 9.18. The first-order chi connectivity index (χ1) is 18.2. The van der Waals surface area contributed by atoms with Gasteiger partial charge in [0.1, 0.15) is 11.4 Å². The summed E-state index contributed by atoms with van der Waals surface area (Å²) >= 11 is 0. The standard InChI is InChI=1S/C25H31F3N6O3S/c26-25(27,28)22-15-30-24(33-23(22)31-20-9-14-37-16-20)32-19-7-12-34(13-8-19)38(35,36)21-3-1-17(2-4-21)18-5-10-29-11-6-18/h1-5,15,19-20,29H,6-14,16H2,(H2,30,31,32,33)/t20-/m0/s1. The molecule has 0 unspecified atom stereocenters. The summed E-state index contributed by atoms with van der Waals surface area (Å²) in [6.07, 6.45) is 0.741. The van der Waals surface area contributed by atoms with Crippen LogP contribution in [0.2, 0.25) is 0 Å². The van der Waals surface area contributed by atoms with E-state index in [1.54, 1.807) is 12.1 Å². The quantitative estimate of drug-likeness (QED) is 0.480. The highest BCUT2D eigenvalue weighted by Gasteiger charge is 2.36. The van der Waals surface area contributed by atoms with Gasteiger partial charge in [0.2, 0.25) is 16.0 Å². The molecule has 4 heterocycles. The molecule has 0 aliphatic carbocycles. The second kappa shape index (κ2) is 11.2. The minimum atomic E-state index is -4.59. The van der Waals surface area contributed by atoms with Crippen LogP contribution >= 0.6 is 0 Å². The minimum absolute atomic E-state index is 0.0727. The Balaban J connectivity index is 1.21. The molecular weight excluding hydrogens is 521 g/mol. The van der Waals surface area contributed by atoms with Crippen molar-refractivity contribution in [3.05, 3.63) is 47.7 Å². The van der Waals surface area contributed by atoms with Gasteiger partial charge in [0.15, 0.2) is 0 Å². The second-order valence-electron chi connectivity index (χ2n) is 9.69. The number of aromatic nitrogens is 2. The maximum absolute atomic E-state index is 13.5. The van der Waals surface area contributed by atoms with Gasteiger partial charge in [-0.1, -0.05) is 18.2 Å². The van der Waals surface area contributed by atoms with Gasteiger partial charge in [-0.3, -0.25) is 0 Å². The van der Waals surface area contributed by atoms with Gasteiger partial charge < -0.3 is 20.7 Å². The van der Waals surface area contributed by atoms with E-state index < -0.39 is 21.8 Å². The third-order valence-electron chi connectivity index (χ3n) is 7.08. The number of ether oxygens (including phenoxy) is 1. The lowest BCUT2D eigenvalue weighted by molar-refractivity contribution is -0.137. The number of rotatable bonds is 7. The number of nitrogens with zero attached hydrogens (tertiary/aromatic N) is 3. The highest BCUT2D eigenvalue weighted by atomic mass is 32.2. The maximum Gasteiger partial charge on any atom is 0.421 e. The van der Waals surface area contributed by atoms with E-state index in [1.165, 1.54) is 9.88 Å². The van der Waals surface area contributed by atoms with E-state index in [1.807, 2.05) is 12.1 Å². The Bertz CT molecular complexity index is 1260. The van der Waals surface area contributed by atoms with Crippen molar-refractivity contribution in [2.45, 2.75) is 48.8 Å². The smallest absolute Gasteiger partial charge is 0.379 e. The Kier molecular flexibility index (Phi) is 7.89. The largest absolute Gasteiger partial charge is 0.421 e. The fourth-order valence-corrected chi connectivity index (χ4v) is 6.38. The lowest BCUT2D eigenvalue weighted by Gasteiger charge is -2.31. The Morgan fingerprint density at radius 1 is 1.05 bits per heavy atom. The number of piperidine rings is 1.